The van der Waals surface area contributed by atoms with Crippen molar-refractivity contribution >= 4 is 17.4 Å². The number of nitrogens with zero attached hydrogens (tertiary/aromatic N) is 2. The van der Waals surface area contributed by atoms with E-state index in [9.17, 15) is 19.8 Å². The van der Waals surface area contributed by atoms with E-state index >= 15 is 0 Å². The molecule has 0 aliphatic carbocycles. The minimum Gasteiger partial charge on any atom is -0.508 e. The molecule has 1 unspecified atom stereocenters. The Kier molecular flexibility index (Phi) is 6.91. The second-order valence-electron chi connectivity index (χ2n) is 9.13. The molecule has 7 heteroatoms. The highest BCUT2D eigenvalue weighted by atomic mass is 16.5. The van der Waals surface area contributed by atoms with Crippen LogP contribution in [0.4, 0.5) is 0 Å². The van der Waals surface area contributed by atoms with Crippen molar-refractivity contribution in [1.29, 1.82) is 0 Å². The van der Waals surface area contributed by atoms with Gasteiger partial charge in [-0.25, -0.2) is 0 Å². The predicted octanol–water partition coefficient (Wildman–Crippen LogP) is 5.30. The van der Waals surface area contributed by atoms with Gasteiger partial charge in [0.2, 0.25) is 0 Å². The molecule has 1 aromatic heterocycles. The van der Waals surface area contributed by atoms with Gasteiger partial charge in [-0.2, -0.15) is 0 Å². The SMILES string of the molecule is Cc1cc(/C(O)=C2/C(=O)C(=O)N(Cc3ccncc3)C2c2ccc(O)cc2)ccc1OCc1ccccc1. The van der Waals surface area contributed by atoms with E-state index in [2.05, 4.69) is 4.98 Å². The van der Waals surface area contributed by atoms with E-state index in [1.165, 1.54) is 17.0 Å². The summed E-state index contributed by atoms with van der Waals surface area (Å²) >= 11 is 0. The van der Waals surface area contributed by atoms with Gasteiger partial charge in [-0.05, 0) is 71.6 Å². The number of rotatable bonds is 7. The zero-order valence-corrected chi connectivity index (χ0v) is 20.7. The van der Waals surface area contributed by atoms with Crippen molar-refractivity contribution in [3.63, 3.8) is 0 Å². The molecule has 0 saturated carbocycles. The van der Waals surface area contributed by atoms with Crippen LogP contribution in [0.15, 0.2) is 103 Å². The van der Waals surface area contributed by atoms with Crippen LogP contribution in [0.2, 0.25) is 0 Å². The minimum atomic E-state index is -0.835. The summed E-state index contributed by atoms with van der Waals surface area (Å²) in [5.74, 6) is -1.03. The molecule has 0 spiro atoms. The molecule has 0 radical (unpaired) electrons. The number of ether oxygens (including phenoxy) is 1. The van der Waals surface area contributed by atoms with E-state index in [4.69, 9.17) is 4.74 Å². The van der Waals surface area contributed by atoms with E-state index < -0.39 is 17.7 Å². The zero-order chi connectivity index (χ0) is 26.6. The summed E-state index contributed by atoms with van der Waals surface area (Å²) in [5, 5.41) is 21.2. The number of phenolic OH excluding ortho intramolecular Hbond substituents is 1. The third-order valence-electron chi connectivity index (χ3n) is 6.54. The number of hydrogen-bond donors (Lipinski definition) is 2. The van der Waals surface area contributed by atoms with E-state index in [0.717, 1.165) is 16.7 Å². The van der Waals surface area contributed by atoms with Crippen molar-refractivity contribution in [2.24, 2.45) is 0 Å². The molecule has 38 heavy (non-hydrogen) atoms. The Hall–Kier alpha value is -4.91. The number of hydrogen-bond acceptors (Lipinski definition) is 6. The van der Waals surface area contributed by atoms with Gasteiger partial charge < -0.3 is 19.8 Å². The number of likely N-dealkylation sites (tertiary alicyclic amines) is 1. The van der Waals surface area contributed by atoms with Crippen LogP contribution in [0.25, 0.3) is 5.76 Å². The lowest BCUT2D eigenvalue weighted by Crippen LogP contribution is -2.29. The van der Waals surface area contributed by atoms with Crippen molar-refractivity contribution in [2.75, 3.05) is 0 Å². The Labute approximate surface area is 220 Å². The van der Waals surface area contributed by atoms with Crippen molar-refractivity contribution in [3.8, 4) is 11.5 Å². The second kappa shape index (κ2) is 10.6. The third-order valence-corrected chi connectivity index (χ3v) is 6.54. The van der Waals surface area contributed by atoms with Gasteiger partial charge in [0.05, 0.1) is 11.6 Å². The van der Waals surface area contributed by atoms with Crippen molar-refractivity contribution in [2.45, 2.75) is 26.1 Å². The molecular formula is C31H26N2O5. The van der Waals surface area contributed by atoms with E-state index in [-0.39, 0.29) is 23.6 Å². The molecule has 1 aliphatic heterocycles. The number of aromatic nitrogens is 1. The van der Waals surface area contributed by atoms with Crippen LogP contribution in [0.5, 0.6) is 11.5 Å². The molecular weight excluding hydrogens is 480 g/mol. The first-order valence-electron chi connectivity index (χ1n) is 12.2. The Morgan fingerprint density at radius 1 is 0.921 bits per heavy atom. The third kappa shape index (κ3) is 4.99. The molecule has 1 saturated heterocycles. The van der Waals surface area contributed by atoms with Gasteiger partial charge >= 0.3 is 0 Å². The number of benzene rings is 3. The number of aromatic hydroxyl groups is 1. The number of carbonyl (C=O) groups excluding carboxylic acids is 2. The lowest BCUT2D eigenvalue weighted by Gasteiger charge is -2.25. The molecule has 3 aromatic carbocycles. The second-order valence-corrected chi connectivity index (χ2v) is 9.13. The molecule has 1 aliphatic rings. The topological polar surface area (TPSA) is 100.0 Å². The number of aryl methyl sites for hydroxylation is 1. The summed E-state index contributed by atoms with van der Waals surface area (Å²) in [4.78, 5) is 31.9. The molecule has 4 aromatic rings. The first-order valence-corrected chi connectivity index (χ1v) is 12.2. The maximum Gasteiger partial charge on any atom is 0.295 e. The summed E-state index contributed by atoms with van der Waals surface area (Å²) < 4.78 is 5.95. The molecule has 5 rings (SSSR count). The summed E-state index contributed by atoms with van der Waals surface area (Å²) in [6.45, 7) is 2.41. The number of ketones is 1. The quantitative estimate of drug-likeness (QED) is 0.201. The number of aliphatic hydroxyl groups is 1. The Bertz CT molecular complexity index is 1500. The largest absolute Gasteiger partial charge is 0.508 e. The van der Waals surface area contributed by atoms with Gasteiger partial charge in [0.25, 0.3) is 11.7 Å². The van der Waals surface area contributed by atoms with Crippen molar-refractivity contribution in [1.82, 2.24) is 9.88 Å². The van der Waals surface area contributed by atoms with Crippen LogP contribution in [-0.4, -0.2) is 31.8 Å². The van der Waals surface area contributed by atoms with Crippen LogP contribution in [0.1, 0.15) is 33.9 Å². The molecule has 1 fully saturated rings. The highest BCUT2D eigenvalue weighted by Crippen LogP contribution is 2.41. The highest BCUT2D eigenvalue weighted by molar-refractivity contribution is 6.46. The smallest absolute Gasteiger partial charge is 0.295 e. The van der Waals surface area contributed by atoms with Gasteiger partial charge in [-0.1, -0.05) is 42.5 Å². The van der Waals surface area contributed by atoms with Crippen LogP contribution in [-0.2, 0) is 22.7 Å². The average molecular weight is 507 g/mol. The monoisotopic (exact) mass is 506 g/mol. The molecule has 7 nitrogen and oxygen atoms in total. The van der Waals surface area contributed by atoms with Crippen LogP contribution in [0, 0.1) is 6.92 Å². The summed E-state index contributed by atoms with van der Waals surface area (Å²) in [5.41, 5.74) is 3.59. The number of pyridine rings is 1. The van der Waals surface area contributed by atoms with Gasteiger partial charge in [0.15, 0.2) is 0 Å². The average Bonchev–Trinajstić information content (AvgIpc) is 3.18. The minimum absolute atomic E-state index is 0.00731. The van der Waals surface area contributed by atoms with Crippen molar-refractivity contribution in [3.05, 3.63) is 131 Å². The maximum absolute atomic E-state index is 13.3. The molecule has 2 heterocycles. The number of amides is 1. The lowest BCUT2D eigenvalue weighted by molar-refractivity contribution is -0.140. The van der Waals surface area contributed by atoms with E-state index in [1.807, 2.05) is 37.3 Å². The molecule has 1 amide bonds. The van der Waals surface area contributed by atoms with Gasteiger partial charge in [-0.15, -0.1) is 0 Å². The fraction of sp³-hybridized carbons (Fsp3) is 0.129. The Morgan fingerprint density at radius 2 is 1.63 bits per heavy atom. The first kappa shape index (κ1) is 24.8. The summed E-state index contributed by atoms with van der Waals surface area (Å²) in [6.07, 6.45) is 3.23. The van der Waals surface area contributed by atoms with Gasteiger partial charge in [0.1, 0.15) is 23.9 Å². The Morgan fingerprint density at radius 3 is 2.32 bits per heavy atom. The number of phenols is 1. The number of Topliss-reactive ketones (excluding diaryl/α,β-unsaturated/α-hetero) is 1. The Balaban J connectivity index is 1.51. The molecule has 190 valence electrons. The van der Waals surface area contributed by atoms with Crippen LogP contribution < -0.4 is 4.74 Å². The lowest BCUT2D eigenvalue weighted by atomic mass is 9.94. The zero-order valence-electron chi connectivity index (χ0n) is 20.7. The molecule has 2 N–H and O–H groups in total. The molecule has 1 atom stereocenters. The van der Waals surface area contributed by atoms with E-state index in [0.29, 0.717) is 23.5 Å². The van der Waals surface area contributed by atoms with E-state index in [1.54, 1.807) is 54.9 Å². The number of aliphatic hydroxyl groups excluding tert-OH is 1. The summed E-state index contributed by atoms with van der Waals surface area (Å²) in [6, 6.07) is 23.9. The highest BCUT2D eigenvalue weighted by Gasteiger charge is 2.46. The van der Waals surface area contributed by atoms with Crippen LogP contribution >= 0.6 is 0 Å². The standard InChI is InChI=1S/C31H26N2O5/c1-20-17-24(9-12-26(20)38-19-22-5-3-2-4-6-22)29(35)27-28(23-7-10-25(34)11-8-23)33(31(37)30(27)36)18-21-13-15-32-16-14-21/h2-17,28,34-35H,18-19H2,1H3/b29-27-. The fourth-order valence-electron chi connectivity index (χ4n) is 4.58. The van der Waals surface area contributed by atoms with Gasteiger partial charge in [-0.3, -0.25) is 14.6 Å². The number of carbonyl (C=O) groups is 2. The summed E-state index contributed by atoms with van der Waals surface area (Å²) in [7, 11) is 0. The van der Waals surface area contributed by atoms with Gasteiger partial charge in [0, 0.05) is 24.5 Å². The fourth-order valence-corrected chi connectivity index (χ4v) is 4.58. The normalized spacial score (nSPS) is 16.6. The first-order chi connectivity index (χ1) is 18.4. The predicted molar refractivity (Wildman–Crippen MR) is 142 cm³/mol. The van der Waals surface area contributed by atoms with Crippen molar-refractivity contribution < 1.29 is 24.5 Å². The maximum atomic E-state index is 13.3. The van der Waals surface area contributed by atoms with Crippen LogP contribution in [0.3, 0.4) is 0 Å². The molecule has 0 bridgehead atoms.